The molecule has 73 heavy (non-hydrogen) atoms. The van der Waals surface area contributed by atoms with Crippen molar-refractivity contribution >= 4 is 34.1 Å². The molecule has 0 radical (unpaired) electrons. The molecule has 9 aromatic carbocycles. The molecule has 9 aliphatic rings. The molecule has 2 heteroatoms. The second kappa shape index (κ2) is 17.7. The fourth-order valence-corrected chi connectivity index (χ4v) is 15.1. The van der Waals surface area contributed by atoms with Crippen LogP contribution in [0.1, 0.15) is 91.3 Å². The first-order chi connectivity index (χ1) is 35.8. The van der Waals surface area contributed by atoms with E-state index in [0.717, 1.165) is 43.4 Å². The van der Waals surface area contributed by atoms with E-state index in [1.807, 2.05) is 0 Å². The second-order valence-electron chi connectivity index (χ2n) is 23.0. The smallest absolute Gasteiger partial charge is 0.0540 e. The molecular formula is C71H64N2. The Bertz CT molecular complexity index is 3480. The van der Waals surface area contributed by atoms with Crippen molar-refractivity contribution in [3.63, 3.8) is 0 Å². The normalized spacial score (nSPS) is 20.8. The zero-order chi connectivity index (χ0) is 48.7. The molecule has 0 aliphatic heterocycles. The molecule has 9 aliphatic carbocycles. The lowest BCUT2D eigenvalue weighted by Crippen LogP contribution is -2.48. The van der Waals surface area contributed by atoms with E-state index < -0.39 is 0 Å². The average molecular weight is 945 g/mol. The molecule has 4 saturated carbocycles. The highest BCUT2D eigenvalue weighted by atomic mass is 15.2. The molecule has 18 rings (SSSR count). The number of hydrogen-bond donors (Lipinski definition) is 0. The lowest BCUT2D eigenvalue weighted by atomic mass is 9.48. The third kappa shape index (κ3) is 7.67. The summed E-state index contributed by atoms with van der Waals surface area (Å²) in [5, 5.41) is 0. The number of benzene rings is 9. The highest BCUT2D eigenvalue weighted by Crippen LogP contribution is 2.61. The Labute approximate surface area is 433 Å². The molecule has 2 nitrogen and oxygen atoms in total. The van der Waals surface area contributed by atoms with Crippen LogP contribution in [0.5, 0.6) is 0 Å². The van der Waals surface area contributed by atoms with Crippen LogP contribution in [-0.2, 0) is 36.5 Å². The van der Waals surface area contributed by atoms with Gasteiger partial charge in [-0.05, 0) is 209 Å². The monoisotopic (exact) mass is 945 g/mol. The van der Waals surface area contributed by atoms with Gasteiger partial charge in [-0.25, -0.2) is 0 Å². The summed E-state index contributed by atoms with van der Waals surface area (Å²) in [5.74, 6) is 2.80. The SMILES string of the molecule is CC1(C)c2cc(N(c3cc4ccc3CCc3ccc(c(N(c5ccccc5)c5ccc(C67CC8CC(CC(C8)C6)C7)cc5)c3)CC4)c3ccccc3-c3ccccc3)ccc2-c2c(-c3ccccc3)cccc21. The number of aryl methyl sites for hydroxylation is 4. The topological polar surface area (TPSA) is 6.48 Å². The summed E-state index contributed by atoms with van der Waals surface area (Å²) in [6.45, 7) is 4.83. The lowest BCUT2D eigenvalue weighted by molar-refractivity contribution is -0.00518. The zero-order valence-electron chi connectivity index (χ0n) is 42.4. The summed E-state index contributed by atoms with van der Waals surface area (Å²) < 4.78 is 0. The van der Waals surface area contributed by atoms with Crippen molar-refractivity contribution < 1.29 is 0 Å². The first-order valence-electron chi connectivity index (χ1n) is 27.3. The van der Waals surface area contributed by atoms with Crippen LogP contribution < -0.4 is 9.80 Å². The first-order valence-corrected chi connectivity index (χ1v) is 27.3. The van der Waals surface area contributed by atoms with Gasteiger partial charge in [0.05, 0.1) is 5.69 Å². The maximum Gasteiger partial charge on any atom is 0.0540 e. The second-order valence-corrected chi connectivity index (χ2v) is 23.0. The van der Waals surface area contributed by atoms with Gasteiger partial charge >= 0.3 is 0 Å². The van der Waals surface area contributed by atoms with E-state index in [-0.39, 0.29) is 5.41 Å². The molecular weight excluding hydrogens is 881 g/mol. The Morgan fingerprint density at radius 2 is 0.890 bits per heavy atom. The molecule has 0 N–H and O–H groups in total. The number of rotatable bonds is 9. The van der Waals surface area contributed by atoms with Crippen LogP contribution in [-0.4, -0.2) is 0 Å². The van der Waals surface area contributed by atoms with Gasteiger partial charge in [0, 0.05) is 39.4 Å². The summed E-state index contributed by atoms with van der Waals surface area (Å²) in [4.78, 5) is 5.15. The van der Waals surface area contributed by atoms with E-state index in [1.165, 1.54) is 139 Å². The summed E-state index contributed by atoms with van der Waals surface area (Å²) >= 11 is 0. The van der Waals surface area contributed by atoms with Gasteiger partial charge in [0.25, 0.3) is 0 Å². The third-order valence-electron chi connectivity index (χ3n) is 18.2. The van der Waals surface area contributed by atoms with Gasteiger partial charge in [-0.3, -0.25) is 0 Å². The molecule has 8 bridgehead atoms. The lowest BCUT2D eigenvalue weighted by Gasteiger charge is -2.57. The maximum absolute atomic E-state index is 2.60. The van der Waals surface area contributed by atoms with Crippen LogP contribution in [0, 0.1) is 17.8 Å². The molecule has 0 atom stereocenters. The van der Waals surface area contributed by atoms with Crippen LogP contribution in [0.15, 0.2) is 212 Å². The van der Waals surface area contributed by atoms with Crippen molar-refractivity contribution in [3.05, 3.63) is 251 Å². The summed E-state index contributed by atoms with van der Waals surface area (Å²) in [6.07, 6.45) is 12.3. The van der Waals surface area contributed by atoms with E-state index in [0.29, 0.717) is 5.41 Å². The Morgan fingerprint density at radius 3 is 1.52 bits per heavy atom. The summed E-state index contributed by atoms with van der Waals surface area (Å²) in [5.41, 5.74) is 25.1. The fourth-order valence-electron chi connectivity index (χ4n) is 15.1. The third-order valence-corrected chi connectivity index (χ3v) is 18.2. The van der Waals surface area contributed by atoms with Crippen LogP contribution >= 0.6 is 0 Å². The molecule has 0 amide bonds. The van der Waals surface area contributed by atoms with Gasteiger partial charge in [-0.15, -0.1) is 0 Å². The Kier molecular flexibility index (Phi) is 10.7. The number of para-hydroxylation sites is 2. The molecule has 0 spiro atoms. The fraction of sp³-hybridized carbons (Fsp3) is 0.239. The minimum absolute atomic E-state index is 0.189. The number of fused-ring (bicyclic) bond motifs is 3. The Balaban J connectivity index is 0.862. The Morgan fingerprint density at radius 1 is 0.370 bits per heavy atom. The number of anilines is 6. The predicted molar refractivity (Wildman–Crippen MR) is 305 cm³/mol. The molecule has 0 saturated heterocycles. The van der Waals surface area contributed by atoms with Gasteiger partial charge in [0.2, 0.25) is 0 Å². The molecule has 0 heterocycles. The van der Waals surface area contributed by atoms with Crippen molar-refractivity contribution in [1.29, 1.82) is 0 Å². The van der Waals surface area contributed by atoms with Crippen LogP contribution in [0.2, 0.25) is 0 Å². The number of hydrogen-bond acceptors (Lipinski definition) is 2. The first kappa shape index (κ1) is 44.3. The largest absolute Gasteiger partial charge is 0.310 e. The summed E-state index contributed by atoms with van der Waals surface area (Å²) in [6, 6.07) is 81.0. The highest BCUT2D eigenvalue weighted by molar-refractivity contribution is 5.95. The van der Waals surface area contributed by atoms with Crippen LogP contribution in [0.4, 0.5) is 34.1 Å². The zero-order valence-corrected chi connectivity index (χ0v) is 42.4. The van der Waals surface area contributed by atoms with Crippen LogP contribution in [0.3, 0.4) is 0 Å². The number of nitrogens with zero attached hydrogens (tertiary/aromatic N) is 2. The molecule has 0 aromatic heterocycles. The predicted octanol–water partition coefficient (Wildman–Crippen LogP) is 18.6. The molecule has 358 valence electrons. The molecule has 9 aromatic rings. The van der Waals surface area contributed by atoms with Crippen molar-refractivity contribution in [2.45, 2.75) is 88.9 Å². The highest BCUT2D eigenvalue weighted by Gasteiger charge is 2.51. The minimum Gasteiger partial charge on any atom is -0.310 e. The minimum atomic E-state index is -0.189. The van der Waals surface area contributed by atoms with Gasteiger partial charge in [0.1, 0.15) is 0 Å². The van der Waals surface area contributed by atoms with Crippen molar-refractivity contribution in [2.24, 2.45) is 17.8 Å². The van der Waals surface area contributed by atoms with Gasteiger partial charge in [-0.1, -0.05) is 172 Å². The average Bonchev–Trinajstić information content (AvgIpc) is 3.65. The van der Waals surface area contributed by atoms with E-state index in [4.69, 9.17) is 0 Å². The van der Waals surface area contributed by atoms with E-state index >= 15 is 0 Å². The Hall–Kier alpha value is -7.42. The van der Waals surface area contributed by atoms with E-state index in [2.05, 4.69) is 236 Å². The van der Waals surface area contributed by atoms with Gasteiger partial charge in [0.15, 0.2) is 0 Å². The van der Waals surface area contributed by atoms with Crippen molar-refractivity contribution in [1.82, 2.24) is 0 Å². The van der Waals surface area contributed by atoms with Crippen molar-refractivity contribution in [2.75, 3.05) is 9.80 Å². The van der Waals surface area contributed by atoms with Crippen molar-refractivity contribution in [3.8, 4) is 33.4 Å². The summed E-state index contributed by atoms with van der Waals surface area (Å²) in [7, 11) is 0. The van der Waals surface area contributed by atoms with E-state index in [1.54, 1.807) is 5.56 Å². The quantitative estimate of drug-likeness (QED) is 0.142. The molecule has 0 unspecified atom stereocenters. The van der Waals surface area contributed by atoms with Gasteiger partial charge in [-0.2, -0.15) is 0 Å². The van der Waals surface area contributed by atoms with Gasteiger partial charge < -0.3 is 9.80 Å². The van der Waals surface area contributed by atoms with E-state index in [9.17, 15) is 0 Å². The molecule has 4 fully saturated rings. The maximum atomic E-state index is 2.60. The van der Waals surface area contributed by atoms with Crippen LogP contribution in [0.25, 0.3) is 33.4 Å². The standard InChI is InChI=1S/C71H64N2/c1-70(2)64-23-14-22-62(54-17-8-4-9-18-54)69(64)63-38-37-60(44-65(63)70)73(66-24-13-12-21-61(66)53-15-6-3-7-16-53)68-43-49-26-30-55-29-25-48(27-31-56(68)32-28-49)42-67(55)72(58-19-10-5-11-20-58)59-35-33-57(34-36-59)71-45-50-39-51(46-71)41-52(40-50)47-71/h3-25,28-29,32-38,42-44,50-52H,26-27,30-31,39-41,45-47H2,1-2H3.